The molecular formula is C26H25N3O11S. The molecule has 3 aromatic carbocycles. The third kappa shape index (κ3) is 7.48. The Morgan fingerprint density at radius 1 is 0.829 bits per heavy atom. The summed E-state index contributed by atoms with van der Waals surface area (Å²) < 4.78 is 47.0. The SMILES string of the molecule is COc1cc(OC)c(C=CS(=O)(=O)Cc2ccc(OC)c(NC(=O)c3cc([N+](=O)[O-])cc([N+](=O)[O-])c3)c2)c(OC)c1. The molecule has 3 rings (SSSR count). The molecule has 0 fully saturated rings. The second kappa shape index (κ2) is 12.8. The van der Waals surface area contributed by atoms with E-state index in [1.807, 2.05) is 0 Å². The van der Waals surface area contributed by atoms with E-state index in [0.29, 0.717) is 22.8 Å². The van der Waals surface area contributed by atoms with Crippen LogP contribution in [0.2, 0.25) is 0 Å². The second-order valence-electron chi connectivity index (χ2n) is 8.30. The maximum Gasteiger partial charge on any atom is 0.277 e. The Bertz CT molecular complexity index is 1580. The van der Waals surface area contributed by atoms with Crippen LogP contribution in [-0.2, 0) is 15.6 Å². The monoisotopic (exact) mass is 587 g/mol. The fourth-order valence-electron chi connectivity index (χ4n) is 3.72. The minimum atomic E-state index is -3.87. The molecule has 0 unspecified atom stereocenters. The van der Waals surface area contributed by atoms with Crippen LogP contribution in [0, 0.1) is 20.2 Å². The van der Waals surface area contributed by atoms with Gasteiger partial charge >= 0.3 is 0 Å². The van der Waals surface area contributed by atoms with Gasteiger partial charge in [0.15, 0.2) is 9.84 Å². The largest absolute Gasteiger partial charge is 0.496 e. The summed E-state index contributed by atoms with van der Waals surface area (Å²) in [6.07, 6.45) is 1.33. The number of non-ortho nitro benzene ring substituents is 2. The van der Waals surface area contributed by atoms with E-state index in [1.165, 1.54) is 52.7 Å². The lowest BCUT2D eigenvalue weighted by molar-refractivity contribution is -0.394. The molecule has 0 atom stereocenters. The van der Waals surface area contributed by atoms with Crippen molar-refractivity contribution in [3.63, 3.8) is 0 Å². The number of carbonyl (C=O) groups excluding carboxylic acids is 1. The summed E-state index contributed by atoms with van der Waals surface area (Å²) >= 11 is 0. The molecule has 0 spiro atoms. The van der Waals surface area contributed by atoms with Crippen LogP contribution >= 0.6 is 0 Å². The number of ether oxygens (including phenoxy) is 4. The highest BCUT2D eigenvalue weighted by molar-refractivity contribution is 7.93. The fourth-order valence-corrected chi connectivity index (χ4v) is 4.81. The van der Waals surface area contributed by atoms with E-state index < -0.39 is 42.7 Å². The van der Waals surface area contributed by atoms with E-state index in [2.05, 4.69) is 5.32 Å². The zero-order chi connectivity index (χ0) is 30.3. The van der Waals surface area contributed by atoms with E-state index in [4.69, 9.17) is 18.9 Å². The Hall–Kier alpha value is -5.18. The lowest BCUT2D eigenvalue weighted by atomic mass is 10.1. The third-order valence-corrected chi connectivity index (χ3v) is 6.95. The van der Waals surface area contributed by atoms with Crippen molar-refractivity contribution in [2.75, 3.05) is 33.8 Å². The van der Waals surface area contributed by atoms with Crippen LogP contribution in [0.3, 0.4) is 0 Å². The van der Waals surface area contributed by atoms with Crippen LogP contribution in [0.15, 0.2) is 53.9 Å². The number of rotatable bonds is 12. The first-order chi connectivity index (χ1) is 19.4. The number of nitro groups is 2. The van der Waals surface area contributed by atoms with Crippen molar-refractivity contribution in [3.8, 4) is 23.0 Å². The molecule has 0 bridgehead atoms. The summed E-state index contributed by atoms with van der Waals surface area (Å²) in [6, 6.07) is 9.90. The van der Waals surface area contributed by atoms with E-state index in [1.54, 1.807) is 12.1 Å². The predicted octanol–water partition coefficient (Wildman–Crippen LogP) is 4.38. The molecule has 3 aromatic rings. The Kier molecular flexibility index (Phi) is 9.47. The number of amides is 1. The maximum absolute atomic E-state index is 13.0. The molecule has 0 aliphatic carbocycles. The molecule has 0 saturated heterocycles. The molecule has 41 heavy (non-hydrogen) atoms. The Labute approximate surface area is 234 Å². The number of carbonyl (C=O) groups is 1. The number of nitrogens with one attached hydrogen (secondary N) is 1. The van der Waals surface area contributed by atoms with E-state index in [0.717, 1.165) is 23.6 Å². The molecule has 14 nitrogen and oxygen atoms in total. The van der Waals surface area contributed by atoms with Crippen LogP contribution in [-0.4, -0.2) is 52.6 Å². The first kappa shape index (κ1) is 30.4. The Morgan fingerprint density at radius 3 is 1.88 bits per heavy atom. The summed E-state index contributed by atoms with van der Waals surface area (Å²) in [4.78, 5) is 33.5. The van der Waals surface area contributed by atoms with Crippen LogP contribution in [0.1, 0.15) is 21.5 Å². The number of benzene rings is 3. The normalized spacial score (nSPS) is 11.1. The van der Waals surface area contributed by atoms with Gasteiger partial charge in [-0.15, -0.1) is 0 Å². The van der Waals surface area contributed by atoms with Gasteiger partial charge in [0.1, 0.15) is 23.0 Å². The molecule has 0 aliphatic rings. The Balaban J connectivity index is 1.90. The van der Waals surface area contributed by atoms with Crippen LogP contribution in [0.25, 0.3) is 6.08 Å². The van der Waals surface area contributed by atoms with Gasteiger partial charge in [0, 0.05) is 29.7 Å². The van der Waals surface area contributed by atoms with Crippen molar-refractivity contribution in [2.24, 2.45) is 0 Å². The van der Waals surface area contributed by atoms with Gasteiger partial charge in [-0.25, -0.2) is 8.42 Å². The van der Waals surface area contributed by atoms with E-state index >= 15 is 0 Å². The minimum absolute atomic E-state index is 0.0434. The number of nitro benzene ring substituents is 2. The molecule has 0 aliphatic heterocycles. The number of hydrogen-bond acceptors (Lipinski definition) is 11. The van der Waals surface area contributed by atoms with Crippen molar-refractivity contribution in [2.45, 2.75) is 5.75 Å². The van der Waals surface area contributed by atoms with Crippen molar-refractivity contribution in [3.05, 3.63) is 90.9 Å². The average molecular weight is 588 g/mol. The Morgan fingerprint density at radius 2 is 1.39 bits per heavy atom. The van der Waals surface area contributed by atoms with Gasteiger partial charge in [-0.2, -0.15) is 0 Å². The van der Waals surface area contributed by atoms with Gasteiger partial charge in [-0.05, 0) is 23.8 Å². The zero-order valence-electron chi connectivity index (χ0n) is 22.3. The molecule has 0 heterocycles. The molecule has 0 aromatic heterocycles. The van der Waals surface area contributed by atoms with Gasteiger partial charge in [-0.1, -0.05) is 6.07 Å². The first-order valence-electron chi connectivity index (χ1n) is 11.5. The lowest BCUT2D eigenvalue weighted by Gasteiger charge is -2.13. The van der Waals surface area contributed by atoms with Crippen LogP contribution < -0.4 is 24.3 Å². The third-order valence-electron chi connectivity index (χ3n) is 5.66. The predicted molar refractivity (Wildman–Crippen MR) is 148 cm³/mol. The highest BCUT2D eigenvalue weighted by Crippen LogP contribution is 2.35. The second-order valence-corrected chi connectivity index (χ2v) is 10.2. The zero-order valence-corrected chi connectivity index (χ0v) is 23.1. The topological polar surface area (TPSA) is 186 Å². The summed E-state index contributed by atoms with van der Waals surface area (Å²) in [5.74, 6) is -0.131. The molecule has 1 N–H and O–H groups in total. The van der Waals surface area contributed by atoms with Crippen molar-refractivity contribution in [1.82, 2.24) is 0 Å². The highest BCUT2D eigenvalue weighted by atomic mass is 32.2. The molecular weight excluding hydrogens is 562 g/mol. The number of sulfone groups is 1. The molecule has 1 amide bonds. The smallest absolute Gasteiger partial charge is 0.277 e. The van der Waals surface area contributed by atoms with Crippen molar-refractivity contribution < 1.29 is 42.0 Å². The van der Waals surface area contributed by atoms with Crippen molar-refractivity contribution in [1.29, 1.82) is 0 Å². The van der Waals surface area contributed by atoms with Gasteiger partial charge in [0.05, 0.1) is 66.9 Å². The standard InChI is InChI=1S/C26H25N3O11S/c1-37-20-13-24(39-3)21(25(14-20)40-4)7-8-41(35,36)15-16-5-6-23(38-2)22(9-16)27-26(30)17-10-18(28(31)32)12-19(11-17)29(33)34/h5-14H,15H2,1-4H3,(H,27,30). The summed E-state index contributed by atoms with van der Waals surface area (Å²) in [6.45, 7) is 0. The quantitative estimate of drug-likeness (QED) is 0.234. The van der Waals surface area contributed by atoms with Crippen LogP contribution in [0.4, 0.5) is 17.1 Å². The van der Waals surface area contributed by atoms with Gasteiger partial charge < -0.3 is 24.3 Å². The summed E-state index contributed by atoms with van der Waals surface area (Å²) in [5.41, 5.74) is -0.961. The highest BCUT2D eigenvalue weighted by Gasteiger charge is 2.21. The van der Waals surface area contributed by atoms with Gasteiger partial charge in [0.2, 0.25) is 0 Å². The van der Waals surface area contributed by atoms with Gasteiger partial charge in [0.25, 0.3) is 17.3 Å². The number of nitrogens with zero attached hydrogens (tertiary/aromatic N) is 2. The molecule has 0 radical (unpaired) electrons. The van der Waals surface area contributed by atoms with E-state index in [9.17, 15) is 33.4 Å². The van der Waals surface area contributed by atoms with Crippen molar-refractivity contribution >= 4 is 38.9 Å². The molecule has 15 heteroatoms. The van der Waals surface area contributed by atoms with Gasteiger partial charge in [-0.3, -0.25) is 25.0 Å². The summed E-state index contributed by atoms with van der Waals surface area (Å²) in [5, 5.41) is 25.8. The minimum Gasteiger partial charge on any atom is -0.496 e. The number of hydrogen-bond donors (Lipinski definition) is 1. The number of methoxy groups -OCH3 is 4. The maximum atomic E-state index is 13.0. The molecule has 0 saturated carbocycles. The fraction of sp³-hybridized carbons (Fsp3) is 0.192. The molecule has 216 valence electrons. The summed E-state index contributed by atoms with van der Waals surface area (Å²) in [7, 11) is 1.74. The van der Waals surface area contributed by atoms with E-state index in [-0.39, 0.29) is 22.6 Å². The number of anilines is 1. The lowest BCUT2D eigenvalue weighted by Crippen LogP contribution is -2.14. The average Bonchev–Trinajstić information content (AvgIpc) is 2.95. The first-order valence-corrected chi connectivity index (χ1v) is 13.3. The van der Waals surface area contributed by atoms with Crippen LogP contribution in [0.5, 0.6) is 23.0 Å².